The van der Waals surface area contributed by atoms with Crippen LogP contribution in [0.5, 0.6) is 11.5 Å². The Labute approximate surface area is 193 Å². The average molecular weight is 452 g/mol. The number of ether oxygens (including phenoxy) is 2. The van der Waals surface area contributed by atoms with E-state index in [1.807, 2.05) is 35.2 Å². The number of hydrogen-bond donors (Lipinski definition) is 2. The van der Waals surface area contributed by atoms with Gasteiger partial charge in [-0.2, -0.15) is 0 Å². The molecule has 33 heavy (non-hydrogen) atoms. The summed E-state index contributed by atoms with van der Waals surface area (Å²) in [4.78, 5) is 39.3. The molecule has 8 nitrogen and oxygen atoms in total. The van der Waals surface area contributed by atoms with Gasteiger partial charge in [-0.1, -0.05) is 30.3 Å². The Kier molecular flexibility index (Phi) is 7.24. The molecule has 0 saturated carbocycles. The van der Waals surface area contributed by atoms with Crippen LogP contribution in [-0.4, -0.2) is 55.0 Å². The quantitative estimate of drug-likeness (QED) is 0.640. The lowest BCUT2D eigenvalue weighted by atomic mass is 9.95. The van der Waals surface area contributed by atoms with Crippen LogP contribution in [0, 0.1) is 5.92 Å². The van der Waals surface area contributed by atoms with Gasteiger partial charge in [-0.3, -0.25) is 19.3 Å². The maximum atomic E-state index is 12.7. The number of nitrogens with one attached hydrogen (secondary N) is 2. The van der Waals surface area contributed by atoms with Crippen LogP contribution >= 0.6 is 0 Å². The zero-order chi connectivity index (χ0) is 23.2. The Morgan fingerprint density at radius 1 is 1.03 bits per heavy atom. The van der Waals surface area contributed by atoms with E-state index in [1.54, 1.807) is 18.2 Å². The minimum Gasteiger partial charge on any atom is -0.454 e. The molecule has 0 radical (unpaired) electrons. The molecule has 2 aromatic rings. The third-order valence-electron chi connectivity index (χ3n) is 6.07. The summed E-state index contributed by atoms with van der Waals surface area (Å²) < 4.78 is 10.6. The average Bonchev–Trinajstić information content (AvgIpc) is 3.27. The van der Waals surface area contributed by atoms with Crippen molar-refractivity contribution >= 4 is 23.3 Å². The number of benzene rings is 2. The van der Waals surface area contributed by atoms with E-state index in [9.17, 15) is 14.4 Å². The molecule has 0 bridgehead atoms. The van der Waals surface area contributed by atoms with Crippen molar-refractivity contribution in [3.05, 3.63) is 54.1 Å². The molecular weight excluding hydrogens is 422 g/mol. The topological polar surface area (TPSA) is 97.0 Å². The molecule has 0 unspecified atom stereocenters. The van der Waals surface area contributed by atoms with Crippen LogP contribution in [0.15, 0.2) is 48.5 Å². The number of carbonyl (C=O) groups excluding carboxylic acids is 3. The van der Waals surface area contributed by atoms with Crippen molar-refractivity contribution < 1.29 is 23.9 Å². The summed E-state index contributed by atoms with van der Waals surface area (Å²) in [6, 6.07) is 14.5. The Morgan fingerprint density at radius 2 is 1.76 bits per heavy atom. The lowest BCUT2D eigenvalue weighted by Crippen LogP contribution is -2.48. The first kappa shape index (κ1) is 22.8. The molecule has 1 saturated heterocycles. The van der Waals surface area contributed by atoms with Gasteiger partial charge in [-0.25, -0.2) is 0 Å². The molecular formula is C25H29N3O5. The molecule has 174 valence electrons. The Hall–Kier alpha value is -3.39. The fraction of sp³-hybridized carbons (Fsp3) is 0.400. The van der Waals surface area contributed by atoms with E-state index >= 15 is 0 Å². The molecule has 4 rings (SSSR count). The fourth-order valence-corrected chi connectivity index (χ4v) is 4.16. The first-order valence-corrected chi connectivity index (χ1v) is 11.2. The molecule has 2 aromatic carbocycles. The lowest BCUT2D eigenvalue weighted by Gasteiger charge is -2.31. The van der Waals surface area contributed by atoms with Gasteiger partial charge in [0, 0.05) is 17.7 Å². The molecule has 2 N–H and O–H groups in total. The third-order valence-corrected chi connectivity index (χ3v) is 6.07. The molecule has 0 aliphatic carbocycles. The summed E-state index contributed by atoms with van der Waals surface area (Å²) in [6.07, 6.45) is 1.82. The third kappa shape index (κ3) is 6.10. The summed E-state index contributed by atoms with van der Waals surface area (Å²) in [5.74, 6) is 0.927. The van der Waals surface area contributed by atoms with E-state index in [2.05, 4.69) is 10.6 Å². The number of nitrogens with zero attached hydrogens (tertiary/aromatic N) is 1. The van der Waals surface area contributed by atoms with Crippen LogP contribution in [0.1, 0.15) is 25.3 Å². The number of rotatable bonds is 8. The molecule has 0 aromatic heterocycles. The van der Waals surface area contributed by atoms with Crippen molar-refractivity contribution in [2.75, 3.05) is 31.7 Å². The molecule has 0 spiro atoms. The molecule has 8 heteroatoms. The Balaban J connectivity index is 1.22. The van der Waals surface area contributed by atoms with Gasteiger partial charge < -0.3 is 20.1 Å². The van der Waals surface area contributed by atoms with E-state index in [0.717, 1.165) is 5.56 Å². The van der Waals surface area contributed by atoms with E-state index in [4.69, 9.17) is 9.47 Å². The van der Waals surface area contributed by atoms with Crippen LogP contribution in [-0.2, 0) is 20.8 Å². The fourth-order valence-electron chi connectivity index (χ4n) is 4.16. The second kappa shape index (κ2) is 10.5. The highest BCUT2D eigenvalue weighted by molar-refractivity contribution is 5.93. The van der Waals surface area contributed by atoms with Crippen molar-refractivity contribution in [1.82, 2.24) is 10.2 Å². The van der Waals surface area contributed by atoms with Crippen LogP contribution in [0.25, 0.3) is 0 Å². The molecule has 1 fully saturated rings. The molecule has 2 amide bonds. The second-order valence-electron chi connectivity index (χ2n) is 8.53. The highest BCUT2D eigenvalue weighted by atomic mass is 16.7. The van der Waals surface area contributed by atoms with Gasteiger partial charge in [0.2, 0.25) is 18.6 Å². The summed E-state index contributed by atoms with van der Waals surface area (Å²) in [6.45, 7) is 3.21. The summed E-state index contributed by atoms with van der Waals surface area (Å²) >= 11 is 0. The smallest absolute Gasteiger partial charge is 0.234 e. The maximum Gasteiger partial charge on any atom is 0.234 e. The minimum atomic E-state index is -0.537. The highest BCUT2D eigenvalue weighted by Crippen LogP contribution is 2.34. The number of anilines is 1. The number of amides is 2. The normalized spacial score (nSPS) is 16.8. The van der Waals surface area contributed by atoms with Crippen LogP contribution < -0.4 is 20.1 Å². The summed E-state index contributed by atoms with van der Waals surface area (Å²) in [5.41, 5.74) is 1.69. The zero-order valence-corrected chi connectivity index (χ0v) is 18.7. The molecule has 2 aliphatic rings. The monoisotopic (exact) mass is 451 g/mol. The number of Topliss-reactive ketones (excluding diaryl/α,β-unsaturated/α-hetero) is 1. The first-order chi connectivity index (χ1) is 16.0. The summed E-state index contributed by atoms with van der Waals surface area (Å²) in [5, 5.41) is 5.82. The van der Waals surface area contributed by atoms with Gasteiger partial charge in [0.15, 0.2) is 17.3 Å². The SMILES string of the molecule is CC(=O)[C@@H](Cc1ccccc1)NC(=O)CN1CCC(C(=O)Nc2ccc3c(c2)OCO3)CC1. The number of fused-ring (bicyclic) bond motifs is 1. The van der Waals surface area contributed by atoms with Crippen molar-refractivity contribution in [1.29, 1.82) is 0 Å². The van der Waals surface area contributed by atoms with Gasteiger partial charge in [0.25, 0.3) is 0 Å². The lowest BCUT2D eigenvalue weighted by molar-refractivity contribution is -0.128. The van der Waals surface area contributed by atoms with Gasteiger partial charge >= 0.3 is 0 Å². The first-order valence-electron chi connectivity index (χ1n) is 11.2. The Morgan fingerprint density at radius 3 is 2.48 bits per heavy atom. The standard InChI is InChI=1S/C25H29N3O5/c1-17(29)21(13-18-5-3-2-4-6-18)27-24(30)15-28-11-9-19(10-12-28)25(31)26-20-7-8-22-23(14-20)33-16-32-22/h2-8,14,19,21H,9-13,15-16H2,1H3,(H,26,31)(H,27,30)/t21-/m1/s1. The van der Waals surface area contributed by atoms with Gasteiger partial charge in [-0.15, -0.1) is 0 Å². The highest BCUT2D eigenvalue weighted by Gasteiger charge is 2.27. The van der Waals surface area contributed by atoms with E-state index in [0.29, 0.717) is 49.5 Å². The Bertz CT molecular complexity index is 1000. The van der Waals surface area contributed by atoms with E-state index < -0.39 is 6.04 Å². The van der Waals surface area contributed by atoms with Gasteiger partial charge in [0.05, 0.1) is 12.6 Å². The second-order valence-corrected chi connectivity index (χ2v) is 8.53. The van der Waals surface area contributed by atoms with Crippen molar-refractivity contribution in [2.45, 2.75) is 32.2 Å². The maximum absolute atomic E-state index is 12.7. The van der Waals surface area contributed by atoms with Crippen LogP contribution in [0.3, 0.4) is 0 Å². The zero-order valence-electron chi connectivity index (χ0n) is 18.7. The number of carbonyl (C=O) groups is 3. The van der Waals surface area contributed by atoms with Crippen LogP contribution in [0.2, 0.25) is 0 Å². The number of likely N-dealkylation sites (tertiary alicyclic amines) is 1. The van der Waals surface area contributed by atoms with Crippen molar-refractivity contribution in [3.8, 4) is 11.5 Å². The van der Waals surface area contributed by atoms with Gasteiger partial charge in [0.1, 0.15) is 0 Å². The number of ketones is 1. The van der Waals surface area contributed by atoms with Crippen LogP contribution in [0.4, 0.5) is 5.69 Å². The molecule has 2 heterocycles. The van der Waals surface area contributed by atoms with Crippen molar-refractivity contribution in [3.63, 3.8) is 0 Å². The summed E-state index contributed by atoms with van der Waals surface area (Å²) in [7, 11) is 0. The van der Waals surface area contributed by atoms with Gasteiger partial charge in [-0.05, 0) is 57.0 Å². The minimum absolute atomic E-state index is 0.0301. The molecule has 1 atom stereocenters. The van der Waals surface area contributed by atoms with E-state index in [-0.39, 0.29) is 36.9 Å². The predicted molar refractivity (Wildman–Crippen MR) is 123 cm³/mol. The van der Waals surface area contributed by atoms with E-state index in [1.165, 1.54) is 6.92 Å². The molecule has 2 aliphatic heterocycles. The predicted octanol–water partition coefficient (Wildman–Crippen LogP) is 2.38. The van der Waals surface area contributed by atoms with Crippen molar-refractivity contribution in [2.24, 2.45) is 5.92 Å². The largest absolute Gasteiger partial charge is 0.454 e. The number of piperidine rings is 1. The number of hydrogen-bond acceptors (Lipinski definition) is 6.